The van der Waals surface area contributed by atoms with Crippen LogP contribution >= 0.6 is 0 Å². The van der Waals surface area contributed by atoms with Gasteiger partial charge in [0.1, 0.15) is 17.0 Å². The van der Waals surface area contributed by atoms with Crippen LogP contribution in [0.3, 0.4) is 0 Å². The second-order valence-corrected chi connectivity index (χ2v) is 10.6. The lowest BCUT2D eigenvalue weighted by molar-refractivity contribution is -0.208. The summed E-state index contributed by atoms with van der Waals surface area (Å²) < 4.78 is 47.7. The molecule has 0 bridgehead atoms. The van der Waals surface area contributed by atoms with Gasteiger partial charge in [-0.1, -0.05) is 63.1 Å². The van der Waals surface area contributed by atoms with Crippen LogP contribution in [0.25, 0.3) is 11.1 Å². The van der Waals surface area contributed by atoms with Crippen molar-refractivity contribution in [2.24, 2.45) is 10.4 Å². The van der Waals surface area contributed by atoms with E-state index in [0.29, 0.717) is 29.5 Å². The predicted octanol–water partition coefficient (Wildman–Crippen LogP) is 9.06. The van der Waals surface area contributed by atoms with Crippen molar-refractivity contribution in [1.29, 1.82) is 0 Å². The van der Waals surface area contributed by atoms with Gasteiger partial charge in [0.25, 0.3) is 0 Å². The zero-order valence-corrected chi connectivity index (χ0v) is 28.1. The van der Waals surface area contributed by atoms with E-state index in [1.165, 1.54) is 26.0 Å². The summed E-state index contributed by atoms with van der Waals surface area (Å²) in [5, 5.41) is 3.10. The zero-order chi connectivity index (χ0) is 34.1. The maximum Gasteiger partial charge on any atom is 0.400 e. The number of alkyl halides is 3. The Bertz CT molecular complexity index is 1290. The Morgan fingerprint density at radius 1 is 1.05 bits per heavy atom. The standard InChI is InChI=1S/C20H24N4O2.C10H15F3O.C4H10/c1-6-18(19(21-4)26-5)24-20-22-11-17(12-23-20)16-8-7-15(10-14(3)25)13(2)9-16;1-7(2)6-8(14-5)9(3,4)10(11,12)13;1-3-4-2/h6-9,11-12H,10H2,1-5H3,(H,22,23,24);6H,1H2,2-5H3;3-4H2,1-2H3/b18-6+,21-19?;8-6-;. The molecule has 0 unspecified atom stereocenters. The summed E-state index contributed by atoms with van der Waals surface area (Å²) >= 11 is 0. The van der Waals surface area contributed by atoms with E-state index in [1.54, 1.807) is 40.4 Å². The second kappa shape index (κ2) is 19.4. The van der Waals surface area contributed by atoms with Crippen LogP contribution in [0, 0.1) is 12.3 Å². The summed E-state index contributed by atoms with van der Waals surface area (Å²) in [6.07, 6.45) is 5.44. The number of carbonyl (C=O) groups is 1. The molecule has 0 amide bonds. The van der Waals surface area contributed by atoms with E-state index in [1.807, 2.05) is 38.1 Å². The lowest BCUT2D eigenvalue weighted by Crippen LogP contribution is -2.34. The van der Waals surface area contributed by atoms with Gasteiger partial charge in [0.2, 0.25) is 11.8 Å². The molecule has 44 heavy (non-hydrogen) atoms. The summed E-state index contributed by atoms with van der Waals surface area (Å²) in [7, 11) is 4.45. The van der Waals surface area contributed by atoms with Crippen LogP contribution in [0.4, 0.5) is 19.1 Å². The van der Waals surface area contributed by atoms with Crippen molar-refractivity contribution >= 4 is 17.6 Å². The third-order valence-electron chi connectivity index (χ3n) is 6.35. The fraction of sp³-hybridized carbons (Fsp3) is 0.471. The van der Waals surface area contributed by atoms with Crippen molar-refractivity contribution in [3.8, 4) is 11.1 Å². The van der Waals surface area contributed by atoms with E-state index in [4.69, 9.17) is 9.47 Å². The lowest BCUT2D eigenvalue weighted by atomic mass is 9.89. The molecule has 2 rings (SSSR count). The van der Waals surface area contributed by atoms with Gasteiger partial charge in [-0.15, -0.1) is 0 Å². The van der Waals surface area contributed by atoms with E-state index in [9.17, 15) is 18.0 Å². The predicted molar refractivity (Wildman–Crippen MR) is 175 cm³/mol. The van der Waals surface area contributed by atoms with Crippen LogP contribution in [0.2, 0.25) is 0 Å². The summed E-state index contributed by atoms with van der Waals surface area (Å²) in [5.74, 6) is 0.977. The third kappa shape index (κ3) is 13.1. The van der Waals surface area contributed by atoms with Gasteiger partial charge in [0, 0.05) is 31.4 Å². The van der Waals surface area contributed by atoms with Gasteiger partial charge in [-0.2, -0.15) is 13.2 Å². The van der Waals surface area contributed by atoms with Crippen LogP contribution < -0.4 is 5.32 Å². The molecule has 10 heteroatoms. The molecular weight excluding hydrogens is 569 g/mol. The Balaban J connectivity index is 0.000000864. The van der Waals surface area contributed by atoms with Crippen LogP contribution in [0.15, 0.2) is 71.3 Å². The highest BCUT2D eigenvalue weighted by Crippen LogP contribution is 2.43. The smallest absolute Gasteiger partial charge is 0.400 e. The van der Waals surface area contributed by atoms with Crippen LogP contribution in [0.1, 0.15) is 72.4 Å². The lowest BCUT2D eigenvalue weighted by Gasteiger charge is -2.29. The van der Waals surface area contributed by atoms with Gasteiger partial charge in [-0.05, 0) is 64.3 Å². The number of halogens is 3. The Morgan fingerprint density at radius 3 is 1.98 bits per heavy atom. The highest BCUT2D eigenvalue weighted by atomic mass is 19.4. The first-order chi connectivity index (χ1) is 20.5. The van der Waals surface area contributed by atoms with Gasteiger partial charge in [-0.25, -0.2) is 9.97 Å². The van der Waals surface area contributed by atoms with E-state index >= 15 is 0 Å². The molecule has 1 aromatic heterocycles. The number of anilines is 1. The van der Waals surface area contributed by atoms with Crippen molar-refractivity contribution in [2.75, 3.05) is 26.6 Å². The number of rotatable bonds is 10. The first-order valence-corrected chi connectivity index (χ1v) is 14.4. The molecule has 0 aliphatic carbocycles. The number of aromatic nitrogens is 2. The minimum Gasteiger partial charge on any atom is -0.500 e. The minimum atomic E-state index is -4.33. The molecule has 0 atom stereocenters. The molecular formula is C34H49F3N4O3. The quantitative estimate of drug-likeness (QED) is 0.124. The largest absolute Gasteiger partial charge is 0.500 e. The number of unbranched alkanes of at least 4 members (excludes halogenated alkanes) is 1. The Kier molecular flexibility index (Phi) is 17.6. The number of benzene rings is 1. The number of nitrogens with one attached hydrogen (secondary N) is 1. The number of carbonyl (C=O) groups excluding carboxylic acids is 1. The summed E-state index contributed by atoms with van der Waals surface area (Å²) in [5.41, 5.74) is 3.29. The van der Waals surface area contributed by atoms with Gasteiger partial charge < -0.3 is 14.8 Å². The van der Waals surface area contributed by atoms with Gasteiger partial charge in [0.15, 0.2) is 0 Å². The molecule has 0 radical (unpaired) electrons. The van der Waals surface area contributed by atoms with Crippen molar-refractivity contribution in [1.82, 2.24) is 9.97 Å². The van der Waals surface area contributed by atoms with Gasteiger partial charge in [-0.3, -0.25) is 9.79 Å². The van der Waals surface area contributed by atoms with E-state index in [0.717, 1.165) is 36.1 Å². The minimum absolute atomic E-state index is 0.127. The first-order valence-electron chi connectivity index (χ1n) is 14.4. The molecule has 244 valence electrons. The molecule has 7 nitrogen and oxygen atoms in total. The molecule has 0 saturated heterocycles. The summed E-state index contributed by atoms with van der Waals surface area (Å²) in [6, 6.07) is 6.02. The summed E-state index contributed by atoms with van der Waals surface area (Å²) in [6.45, 7) is 17.1. The molecule has 0 spiro atoms. The second-order valence-electron chi connectivity index (χ2n) is 10.6. The normalized spacial score (nSPS) is 12.3. The maximum absolute atomic E-state index is 12.6. The number of methoxy groups -OCH3 is 2. The number of ketones is 1. The Hall–Kier alpha value is -3.95. The average Bonchev–Trinajstić information content (AvgIpc) is 2.96. The molecule has 0 aliphatic heterocycles. The SMILES string of the molecule is C/C=C(/Nc1ncc(-c2ccc(CC(C)=O)c(C)c2)cn1)C(=NC)OC.C=C(C)/C=C(\OC)C(C)(C)C(F)(F)F.CCCC. The third-order valence-corrected chi connectivity index (χ3v) is 6.35. The highest BCUT2D eigenvalue weighted by Gasteiger charge is 2.50. The molecule has 1 N–H and O–H groups in total. The Morgan fingerprint density at radius 2 is 1.61 bits per heavy atom. The Labute approximate surface area is 261 Å². The van der Waals surface area contributed by atoms with Crippen LogP contribution in [-0.4, -0.2) is 49.1 Å². The van der Waals surface area contributed by atoms with E-state index in [2.05, 4.69) is 40.7 Å². The monoisotopic (exact) mass is 618 g/mol. The number of hydrogen-bond donors (Lipinski definition) is 1. The topological polar surface area (TPSA) is 85.7 Å². The van der Waals surface area contributed by atoms with E-state index in [-0.39, 0.29) is 11.5 Å². The van der Waals surface area contributed by atoms with Crippen molar-refractivity contribution in [3.63, 3.8) is 0 Å². The molecule has 0 saturated carbocycles. The first kappa shape index (κ1) is 40.1. The molecule has 0 aliphatic rings. The molecule has 2 aromatic rings. The average molecular weight is 619 g/mol. The van der Waals surface area contributed by atoms with Crippen molar-refractivity contribution in [3.05, 3.63) is 77.5 Å². The fourth-order valence-corrected chi connectivity index (χ4v) is 3.43. The number of aryl methyl sites for hydroxylation is 1. The number of nitrogens with zero attached hydrogens (tertiary/aromatic N) is 3. The van der Waals surface area contributed by atoms with Gasteiger partial charge in [0.05, 0.1) is 19.9 Å². The zero-order valence-electron chi connectivity index (χ0n) is 28.1. The van der Waals surface area contributed by atoms with E-state index < -0.39 is 11.6 Å². The summed E-state index contributed by atoms with van der Waals surface area (Å²) in [4.78, 5) is 24.1. The van der Waals surface area contributed by atoms with Crippen LogP contribution in [0.5, 0.6) is 0 Å². The maximum atomic E-state index is 12.6. The number of aliphatic imine (C=N–C) groups is 1. The fourth-order valence-electron chi connectivity index (χ4n) is 3.43. The number of ether oxygens (including phenoxy) is 2. The number of Topliss-reactive ketones (excluding diaryl/α,β-unsaturated/α-hetero) is 1. The van der Waals surface area contributed by atoms with Crippen molar-refractivity contribution < 1.29 is 27.4 Å². The highest BCUT2D eigenvalue weighted by molar-refractivity contribution is 5.95. The number of allylic oxidation sites excluding steroid dienone is 4. The molecule has 1 aromatic carbocycles. The van der Waals surface area contributed by atoms with Gasteiger partial charge >= 0.3 is 6.18 Å². The van der Waals surface area contributed by atoms with Crippen LogP contribution in [-0.2, 0) is 20.7 Å². The molecule has 0 fully saturated rings. The number of hydrogen-bond acceptors (Lipinski definition) is 7. The molecule has 1 heterocycles. The van der Waals surface area contributed by atoms with Crippen molar-refractivity contribution in [2.45, 2.75) is 80.8 Å².